The van der Waals surface area contributed by atoms with Crippen LogP contribution >= 0.6 is 22.6 Å². The van der Waals surface area contributed by atoms with Gasteiger partial charge in [-0.2, -0.15) is 0 Å². The number of halogens is 1. The summed E-state index contributed by atoms with van der Waals surface area (Å²) < 4.78 is 0.671. The first-order chi connectivity index (χ1) is 9.20. The van der Waals surface area contributed by atoms with Gasteiger partial charge >= 0.3 is 0 Å². The molecule has 0 amide bonds. The van der Waals surface area contributed by atoms with Gasteiger partial charge in [-0.15, -0.1) is 0 Å². The van der Waals surface area contributed by atoms with Crippen molar-refractivity contribution in [1.82, 2.24) is 9.97 Å². The van der Waals surface area contributed by atoms with Gasteiger partial charge in [-0.1, -0.05) is 38.5 Å². The van der Waals surface area contributed by atoms with E-state index in [0.717, 1.165) is 22.4 Å². The summed E-state index contributed by atoms with van der Waals surface area (Å²) in [6, 6.07) is 6.18. The third-order valence-corrected chi connectivity index (χ3v) is 4.22. The largest absolute Gasteiger partial charge is 0.306 e. The molecule has 2 rings (SSSR count). The third kappa shape index (κ3) is 2.95. The molecule has 0 radical (unpaired) electrons. The summed E-state index contributed by atoms with van der Waals surface area (Å²) in [6.45, 7) is 10.3. The normalized spacial score (nSPS) is 11.7. The Morgan fingerprint density at radius 3 is 2.45 bits per heavy atom. The molecule has 3 nitrogen and oxygen atoms in total. The van der Waals surface area contributed by atoms with E-state index in [-0.39, 0.29) is 11.0 Å². The molecule has 1 N–H and O–H groups in total. The van der Waals surface area contributed by atoms with Gasteiger partial charge in [0, 0.05) is 11.0 Å². The highest BCUT2D eigenvalue weighted by atomic mass is 127. The molecule has 1 aromatic heterocycles. The Bertz CT molecular complexity index is 711. The smallest absolute Gasteiger partial charge is 0.264 e. The Hall–Kier alpha value is -1.17. The second-order valence-electron chi connectivity index (χ2n) is 6.15. The van der Waals surface area contributed by atoms with E-state index in [2.05, 4.69) is 66.5 Å². The van der Waals surface area contributed by atoms with Crippen LogP contribution in [0.15, 0.2) is 23.0 Å². The molecule has 1 heterocycles. The summed E-state index contributed by atoms with van der Waals surface area (Å²) >= 11 is 2.08. The standard InChI is InChI=1S/C16H19IN2O/c1-9-6-7-10(2)11(8-9)14-18-13(16(3,4)5)12(17)15(20)19-14/h6-8H,1-5H3,(H,18,19,20). The summed E-state index contributed by atoms with van der Waals surface area (Å²) in [5.74, 6) is 0.654. The number of aryl methyl sites for hydroxylation is 2. The van der Waals surface area contributed by atoms with Crippen LogP contribution in [0.5, 0.6) is 0 Å². The Morgan fingerprint density at radius 2 is 1.85 bits per heavy atom. The van der Waals surface area contributed by atoms with Crippen LogP contribution < -0.4 is 5.56 Å². The van der Waals surface area contributed by atoms with Gasteiger partial charge in [-0.25, -0.2) is 4.98 Å². The molecule has 20 heavy (non-hydrogen) atoms. The molecule has 1 aromatic carbocycles. The molecule has 0 aliphatic rings. The molecule has 0 spiro atoms. The maximum Gasteiger partial charge on any atom is 0.264 e. The first-order valence-corrected chi connectivity index (χ1v) is 7.66. The number of aromatic amines is 1. The second-order valence-corrected chi connectivity index (χ2v) is 7.22. The van der Waals surface area contributed by atoms with Crippen molar-refractivity contribution in [1.29, 1.82) is 0 Å². The Labute approximate surface area is 133 Å². The first-order valence-electron chi connectivity index (χ1n) is 6.58. The van der Waals surface area contributed by atoms with E-state index in [1.54, 1.807) is 0 Å². The Balaban J connectivity index is 2.74. The minimum Gasteiger partial charge on any atom is -0.306 e. The van der Waals surface area contributed by atoms with E-state index in [0.29, 0.717) is 9.39 Å². The minimum absolute atomic E-state index is 0.0681. The molecule has 106 valence electrons. The number of rotatable bonds is 1. The zero-order valence-electron chi connectivity index (χ0n) is 12.5. The zero-order valence-corrected chi connectivity index (χ0v) is 14.6. The van der Waals surface area contributed by atoms with E-state index < -0.39 is 0 Å². The number of hydrogen-bond donors (Lipinski definition) is 1. The number of aromatic nitrogens is 2. The highest BCUT2D eigenvalue weighted by molar-refractivity contribution is 14.1. The van der Waals surface area contributed by atoms with Crippen LogP contribution in [0.2, 0.25) is 0 Å². The number of nitrogens with one attached hydrogen (secondary N) is 1. The molecule has 2 aromatic rings. The molecule has 0 fully saturated rings. The predicted molar refractivity (Wildman–Crippen MR) is 91.2 cm³/mol. The van der Waals surface area contributed by atoms with E-state index >= 15 is 0 Å². The van der Waals surface area contributed by atoms with E-state index in [9.17, 15) is 4.79 Å². The summed E-state index contributed by atoms with van der Waals surface area (Å²) in [6.07, 6.45) is 0. The molecule has 0 bridgehead atoms. The fraction of sp³-hybridized carbons (Fsp3) is 0.375. The SMILES string of the molecule is Cc1ccc(C)c(-c2nc(C(C)(C)C)c(I)c(=O)[nH]2)c1. The molecule has 0 aliphatic heterocycles. The van der Waals surface area contributed by atoms with Crippen molar-refractivity contribution < 1.29 is 0 Å². The van der Waals surface area contributed by atoms with Crippen LogP contribution in [-0.2, 0) is 5.41 Å². The van der Waals surface area contributed by atoms with Crippen molar-refractivity contribution in [3.8, 4) is 11.4 Å². The lowest BCUT2D eigenvalue weighted by Gasteiger charge is -2.20. The lowest BCUT2D eigenvalue weighted by atomic mass is 9.92. The molecule has 0 atom stereocenters. The van der Waals surface area contributed by atoms with E-state index in [1.165, 1.54) is 0 Å². The second kappa shape index (κ2) is 5.31. The zero-order chi connectivity index (χ0) is 15.1. The lowest BCUT2D eigenvalue weighted by molar-refractivity contribution is 0.562. The average molecular weight is 382 g/mol. The van der Waals surface area contributed by atoms with Crippen molar-refractivity contribution in [2.24, 2.45) is 0 Å². The highest BCUT2D eigenvalue weighted by Crippen LogP contribution is 2.26. The van der Waals surface area contributed by atoms with Gasteiger partial charge < -0.3 is 4.98 Å². The van der Waals surface area contributed by atoms with Gasteiger partial charge in [0.2, 0.25) is 0 Å². The third-order valence-electron chi connectivity index (χ3n) is 3.22. The van der Waals surface area contributed by atoms with Crippen LogP contribution in [0.25, 0.3) is 11.4 Å². The van der Waals surface area contributed by atoms with Crippen LogP contribution in [0.1, 0.15) is 37.6 Å². The quantitative estimate of drug-likeness (QED) is 0.759. The van der Waals surface area contributed by atoms with Crippen molar-refractivity contribution >= 4 is 22.6 Å². The van der Waals surface area contributed by atoms with Crippen molar-refractivity contribution in [3.05, 3.63) is 48.9 Å². The molecule has 0 unspecified atom stereocenters. The van der Waals surface area contributed by atoms with Gasteiger partial charge in [-0.3, -0.25) is 4.79 Å². The van der Waals surface area contributed by atoms with Gasteiger partial charge in [0.05, 0.1) is 5.69 Å². The highest BCUT2D eigenvalue weighted by Gasteiger charge is 2.22. The Kier molecular flexibility index (Phi) is 4.04. The van der Waals surface area contributed by atoms with Crippen LogP contribution in [0.4, 0.5) is 0 Å². The van der Waals surface area contributed by atoms with Gasteiger partial charge in [-0.05, 0) is 48.1 Å². The fourth-order valence-corrected chi connectivity index (χ4v) is 3.14. The number of hydrogen-bond acceptors (Lipinski definition) is 2. The number of benzene rings is 1. The van der Waals surface area contributed by atoms with Crippen LogP contribution in [0.3, 0.4) is 0 Å². The molecular formula is C16H19IN2O. The van der Waals surface area contributed by atoms with Gasteiger partial charge in [0.15, 0.2) is 0 Å². The predicted octanol–water partition coefficient (Wildman–Crippen LogP) is 3.96. The van der Waals surface area contributed by atoms with Crippen molar-refractivity contribution in [2.45, 2.75) is 40.0 Å². The average Bonchev–Trinajstić information content (AvgIpc) is 2.34. The summed E-state index contributed by atoms with van der Waals surface area (Å²) in [7, 11) is 0. The van der Waals surface area contributed by atoms with E-state index in [4.69, 9.17) is 4.98 Å². The van der Waals surface area contributed by atoms with Crippen molar-refractivity contribution in [2.75, 3.05) is 0 Å². The maximum absolute atomic E-state index is 12.2. The van der Waals surface area contributed by atoms with Crippen LogP contribution in [-0.4, -0.2) is 9.97 Å². The fourth-order valence-electron chi connectivity index (χ4n) is 2.07. The monoisotopic (exact) mass is 382 g/mol. The van der Waals surface area contributed by atoms with E-state index in [1.807, 2.05) is 13.8 Å². The lowest BCUT2D eigenvalue weighted by Crippen LogP contribution is -2.24. The molecular weight excluding hydrogens is 363 g/mol. The molecule has 0 saturated heterocycles. The molecule has 0 aliphatic carbocycles. The Morgan fingerprint density at radius 1 is 1.20 bits per heavy atom. The topological polar surface area (TPSA) is 45.8 Å². The summed E-state index contributed by atoms with van der Waals surface area (Å²) in [4.78, 5) is 19.8. The van der Waals surface area contributed by atoms with Crippen LogP contribution in [0, 0.1) is 17.4 Å². The first kappa shape index (κ1) is 15.2. The minimum atomic E-state index is -0.155. The molecule has 0 saturated carbocycles. The number of H-pyrrole nitrogens is 1. The summed E-state index contributed by atoms with van der Waals surface area (Å²) in [5, 5.41) is 0. The van der Waals surface area contributed by atoms with Crippen molar-refractivity contribution in [3.63, 3.8) is 0 Å². The number of nitrogens with zero attached hydrogens (tertiary/aromatic N) is 1. The summed E-state index contributed by atoms with van der Waals surface area (Å²) in [5.41, 5.74) is 3.88. The van der Waals surface area contributed by atoms with Gasteiger partial charge in [0.25, 0.3) is 5.56 Å². The maximum atomic E-state index is 12.2. The van der Waals surface area contributed by atoms with Gasteiger partial charge in [0.1, 0.15) is 9.39 Å². The molecule has 4 heteroatoms.